The van der Waals surface area contributed by atoms with E-state index in [4.69, 9.17) is 38.4 Å². The summed E-state index contributed by atoms with van der Waals surface area (Å²) < 4.78 is 273. The van der Waals surface area contributed by atoms with E-state index in [-0.39, 0.29) is 32.7 Å². The molecule has 0 aliphatic heterocycles. The average molecular weight is 925 g/mol. The molecule has 0 aromatic carbocycles. The first kappa shape index (κ1) is 58.6. The van der Waals surface area contributed by atoms with Gasteiger partial charge in [0.15, 0.2) is 0 Å². The monoisotopic (exact) mass is 925 g/mol. The van der Waals surface area contributed by atoms with E-state index in [9.17, 15) is 105 Å². The van der Waals surface area contributed by atoms with Crippen molar-refractivity contribution in [3.05, 3.63) is 25.7 Å². The molecule has 0 bridgehead atoms. The standard InChI is InChI=1S/4C5HF6O2.Y/c4*6-4(7,8)2(12)1-3(13)5(9,10)11;/h4*1H;/q4*-1;+3/p+8. The fraction of sp³-hybridized carbons (Fsp3) is 0.400. The largest absolute Gasteiger partial charge is 3.00 e. The van der Waals surface area contributed by atoms with Crippen LogP contribution >= 0.6 is 0 Å². The third-order valence-corrected chi connectivity index (χ3v) is 3.42. The van der Waals surface area contributed by atoms with Gasteiger partial charge < -0.3 is 38.4 Å². The predicted octanol–water partition coefficient (Wildman–Crippen LogP) is 5.62. The Labute approximate surface area is 297 Å². The minimum atomic E-state index is -5.31. The van der Waals surface area contributed by atoms with Crippen molar-refractivity contribution in [2.75, 3.05) is 0 Å². The number of halogens is 24. The number of rotatable bonds is 8. The van der Waals surface area contributed by atoms with Gasteiger partial charge in [0.1, 0.15) is 0 Å². The second kappa shape index (κ2) is 20.6. The minimum Gasteiger partial charge on any atom is -0.306 e. The Morgan fingerprint density at radius 3 is 0.302 bits per heavy atom. The molecule has 0 saturated heterocycles. The van der Waals surface area contributed by atoms with Crippen LogP contribution in [0.3, 0.4) is 0 Å². The molecule has 8 N–H and O–H groups in total. The van der Waals surface area contributed by atoms with Crippen molar-refractivity contribution in [1.29, 1.82) is 0 Å². The minimum absolute atomic E-state index is 0. The molecule has 0 unspecified atom stereocenters. The second-order valence-corrected chi connectivity index (χ2v) is 7.64. The maximum atomic E-state index is 11.4. The van der Waals surface area contributed by atoms with Crippen LogP contribution < -0.4 is 0 Å². The summed E-state index contributed by atoms with van der Waals surface area (Å²) in [5.41, 5.74) is 0. The van der Waals surface area contributed by atoms with Crippen LogP contribution in [0.4, 0.5) is 105 Å². The van der Waals surface area contributed by atoms with Gasteiger partial charge in [-0.3, -0.25) is 0 Å². The van der Waals surface area contributed by atoms with Crippen LogP contribution in [0.2, 0.25) is 0 Å². The van der Waals surface area contributed by atoms with Crippen molar-refractivity contribution >= 4 is 46.3 Å². The van der Waals surface area contributed by atoms with Crippen molar-refractivity contribution in [2.24, 2.45) is 0 Å². The first-order chi connectivity index (χ1) is 22.2. The number of hydrogen-bond acceptors (Lipinski definition) is 0. The molecular weight excluding hydrogens is 913 g/mol. The zero-order chi connectivity index (χ0) is 43.4. The number of hydrogen-bond donors (Lipinski definition) is 0. The Morgan fingerprint density at radius 1 is 0.208 bits per heavy atom. The van der Waals surface area contributed by atoms with Gasteiger partial charge in [-0.05, 0) is 0 Å². The Morgan fingerprint density at radius 2 is 0.264 bits per heavy atom. The first-order valence-electron chi connectivity index (χ1n) is 10.6. The third kappa shape index (κ3) is 28.4. The summed E-state index contributed by atoms with van der Waals surface area (Å²) in [7, 11) is 0. The molecule has 0 atom stereocenters. The van der Waals surface area contributed by atoms with Gasteiger partial charge in [0.05, 0.1) is 0 Å². The zero-order valence-electron chi connectivity index (χ0n) is 23.5. The van der Waals surface area contributed by atoms with Crippen molar-refractivity contribution in [1.82, 2.24) is 0 Å². The van der Waals surface area contributed by atoms with Crippen LogP contribution in [0.25, 0.3) is 0 Å². The molecule has 0 rings (SSSR count). The summed E-state index contributed by atoms with van der Waals surface area (Å²) in [6, 6.07) is 0. The Kier molecular flexibility index (Phi) is 22.8. The number of carbonyl (C=O) groups excluding carboxylic acids is 8. The fourth-order valence-electron chi connectivity index (χ4n) is 1.17. The topological polar surface area (TPSA) is 171 Å². The Bertz CT molecular complexity index is 1010. The Balaban J connectivity index is -0.000000192. The SMILES string of the molecule is [OH+]=C([CH-]C(=[OH+])C(F)(F)F)C(F)(F)F.[OH+]=C([CH-]C(=[OH+])C(F)(F)F)C(F)(F)F.[OH+]=C([CH-]C(=[OH+])C(F)(F)F)C(F)(F)F.[OH+]=C([CH-]C(=[OH+])C(F)(F)F)C(F)(F)F.[Y+3]. The third-order valence-electron chi connectivity index (χ3n) is 3.42. The van der Waals surface area contributed by atoms with E-state index in [1.54, 1.807) is 0 Å². The molecule has 8 nitrogen and oxygen atoms in total. The van der Waals surface area contributed by atoms with Gasteiger partial charge in [0, 0.05) is 0 Å². The van der Waals surface area contributed by atoms with Gasteiger partial charge in [-0.25, -0.2) is 0 Å². The van der Waals surface area contributed by atoms with Crippen molar-refractivity contribution in [2.45, 2.75) is 49.4 Å². The summed E-state index contributed by atoms with van der Waals surface area (Å²) in [4.78, 5) is 63.8. The molecular formula is C20H12F24O8Y+7. The zero-order valence-corrected chi connectivity index (χ0v) is 26.4. The molecule has 53 heavy (non-hydrogen) atoms. The van der Waals surface area contributed by atoms with Gasteiger partial charge in [0.25, 0.3) is 46.3 Å². The van der Waals surface area contributed by atoms with Crippen LogP contribution in [0, 0.1) is 25.7 Å². The number of ketones is 8. The summed E-state index contributed by atoms with van der Waals surface area (Å²) in [6.45, 7) is 0. The summed E-state index contributed by atoms with van der Waals surface area (Å²) >= 11 is 0. The van der Waals surface area contributed by atoms with E-state index >= 15 is 0 Å². The smallest absolute Gasteiger partial charge is 0.306 e. The van der Waals surface area contributed by atoms with Crippen molar-refractivity contribution in [3.8, 4) is 0 Å². The molecule has 0 radical (unpaired) electrons. The van der Waals surface area contributed by atoms with Gasteiger partial charge in [-0.1, -0.05) is 0 Å². The molecule has 0 spiro atoms. The summed E-state index contributed by atoms with van der Waals surface area (Å²) in [5.74, 6) is -20.1. The van der Waals surface area contributed by atoms with Crippen LogP contribution in [-0.4, -0.2) is 134 Å². The van der Waals surface area contributed by atoms with E-state index in [0.717, 1.165) is 0 Å². The van der Waals surface area contributed by atoms with Gasteiger partial charge in [-0.2, -0.15) is 105 Å². The average Bonchev–Trinajstić information content (AvgIpc) is 2.85. The molecule has 0 saturated carbocycles. The van der Waals surface area contributed by atoms with Crippen LogP contribution in [0.15, 0.2) is 0 Å². The van der Waals surface area contributed by atoms with Crippen LogP contribution in [-0.2, 0) is 32.7 Å². The summed E-state index contributed by atoms with van der Waals surface area (Å²) in [5, 5.41) is 0. The second-order valence-electron chi connectivity index (χ2n) is 7.64. The molecule has 33 heteroatoms. The van der Waals surface area contributed by atoms with E-state index in [1.807, 2.05) is 0 Å². The van der Waals surface area contributed by atoms with Crippen molar-refractivity contribution < 1.29 is 176 Å². The maximum Gasteiger partial charge on any atom is 3.00 e. The van der Waals surface area contributed by atoms with E-state index in [2.05, 4.69) is 0 Å². The molecule has 0 amide bonds. The fourth-order valence-corrected chi connectivity index (χ4v) is 1.17. The Hall–Kier alpha value is -3.74. The van der Waals surface area contributed by atoms with Gasteiger partial charge in [-0.15, -0.1) is 25.7 Å². The molecule has 0 aliphatic carbocycles. The molecule has 304 valence electrons. The van der Waals surface area contributed by atoms with E-state index < -0.39 is 121 Å². The van der Waals surface area contributed by atoms with Gasteiger partial charge >= 0.3 is 82.1 Å². The molecule has 0 aliphatic rings. The molecule has 0 fully saturated rings. The first-order valence-corrected chi connectivity index (χ1v) is 10.6. The molecule has 0 aromatic rings. The normalized spacial score (nSPS) is 12.2. The predicted molar refractivity (Wildman–Crippen MR) is 121 cm³/mol. The van der Waals surface area contributed by atoms with Crippen LogP contribution in [0.1, 0.15) is 0 Å². The van der Waals surface area contributed by atoms with E-state index in [1.165, 1.54) is 0 Å². The molecule has 0 heterocycles. The molecule has 0 aromatic heterocycles. The maximum absolute atomic E-state index is 11.4. The quantitative estimate of drug-likeness (QED) is 0.128. The number of alkyl halides is 24. The van der Waals surface area contributed by atoms with Crippen molar-refractivity contribution in [3.63, 3.8) is 0 Å². The van der Waals surface area contributed by atoms with E-state index in [0.29, 0.717) is 0 Å². The summed E-state index contributed by atoms with van der Waals surface area (Å²) in [6.07, 6.45) is -45.7. The van der Waals surface area contributed by atoms with Gasteiger partial charge in [0.2, 0.25) is 0 Å². The van der Waals surface area contributed by atoms with Crippen LogP contribution in [0.5, 0.6) is 0 Å².